The minimum atomic E-state index is 0.0343. The number of aliphatic hydroxyl groups excluding tert-OH is 1. The second kappa shape index (κ2) is 5.33. The van der Waals surface area contributed by atoms with Gasteiger partial charge in [0, 0.05) is 5.56 Å². The lowest BCUT2D eigenvalue weighted by Gasteiger charge is -2.11. The molecule has 1 unspecified atom stereocenters. The normalized spacial score (nSPS) is 16.8. The van der Waals surface area contributed by atoms with Crippen molar-refractivity contribution in [3.05, 3.63) is 59.7 Å². The Bertz CT molecular complexity index is 565. The van der Waals surface area contributed by atoms with Gasteiger partial charge in [-0.25, -0.2) is 0 Å². The standard InChI is InChI=1S/C16H16O3/c17-9-12-4-3-5-14(8-12)18-10-13-11-19-16-7-2-1-6-15(13)16/h1-8,13,17H,9-11H2. The van der Waals surface area contributed by atoms with Gasteiger partial charge in [-0.2, -0.15) is 0 Å². The van der Waals surface area contributed by atoms with Crippen molar-refractivity contribution in [1.82, 2.24) is 0 Å². The zero-order chi connectivity index (χ0) is 13.1. The van der Waals surface area contributed by atoms with Gasteiger partial charge >= 0.3 is 0 Å². The maximum atomic E-state index is 9.10. The van der Waals surface area contributed by atoms with Crippen molar-refractivity contribution in [3.8, 4) is 11.5 Å². The van der Waals surface area contributed by atoms with Crippen LogP contribution in [0.15, 0.2) is 48.5 Å². The van der Waals surface area contributed by atoms with E-state index in [-0.39, 0.29) is 12.5 Å². The van der Waals surface area contributed by atoms with Gasteiger partial charge in [-0.05, 0) is 23.8 Å². The van der Waals surface area contributed by atoms with Gasteiger partial charge in [0.15, 0.2) is 0 Å². The first-order valence-corrected chi connectivity index (χ1v) is 6.41. The predicted octanol–water partition coefficient (Wildman–Crippen LogP) is 2.73. The molecule has 0 fully saturated rings. The van der Waals surface area contributed by atoms with E-state index in [2.05, 4.69) is 6.07 Å². The summed E-state index contributed by atoms with van der Waals surface area (Å²) >= 11 is 0. The second-order valence-electron chi connectivity index (χ2n) is 4.66. The van der Waals surface area contributed by atoms with Crippen molar-refractivity contribution >= 4 is 0 Å². The molecule has 0 amide bonds. The maximum Gasteiger partial charge on any atom is 0.123 e. The number of hydrogen-bond acceptors (Lipinski definition) is 3. The number of hydrogen-bond donors (Lipinski definition) is 1. The molecule has 1 aliphatic rings. The molecule has 2 aromatic rings. The SMILES string of the molecule is OCc1cccc(OCC2COc3ccccc32)c1. The Balaban J connectivity index is 1.67. The first kappa shape index (κ1) is 12.1. The highest BCUT2D eigenvalue weighted by molar-refractivity contribution is 5.39. The molecule has 0 radical (unpaired) electrons. The molecule has 0 spiro atoms. The van der Waals surface area contributed by atoms with E-state index >= 15 is 0 Å². The third-order valence-electron chi connectivity index (χ3n) is 3.33. The predicted molar refractivity (Wildman–Crippen MR) is 72.5 cm³/mol. The van der Waals surface area contributed by atoms with Crippen LogP contribution in [0, 0.1) is 0 Å². The zero-order valence-electron chi connectivity index (χ0n) is 10.6. The Labute approximate surface area is 112 Å². The van der Waals surface area contributed by atoms with E-state index in [1.54, 1.807) is 0 Å². The van der Waals surface area contributed by atoms with Crippen molar-refractivity contribution in [1.29, 1.82) is 0 Å². The van der Waals surface area contributed by atoms with Crippen LogP contribution in [0.25, 0.3) is 0 Å². The Kier molecular flexibility index (Phi) is 3.38. The average molecular weight is 256 g/mol. The highest BCUT2D eigenvalue weighted by Crippen LogP contribution is 2.33. The molecule has 98 valence electrons. The van der Waals surface area contributed by atoms with Crippen LogP contribution in [0.1, 0.15) is 17.0 Å². The summed E-state index contributed by atoms with van der Waals surface area (Å²) in [5.74, 6) is 2.02. The van der Waals surface area contributed by atoms with Crippen LogP contribution in [-0.4, -0.2) is 18.3 Å². The lowest BCUT2D eigenvalue weighted by Crippen LogP contribution is -2.11. The molecule has 0 saturated carbocycles. The van der Waals surface area contributed by atoms with E-state index in [1.165, 1.54) is 5.56 Å². The van der Waals surface area contributed by atoms with Gasteiger partial charge in [0.1, 0.15) is 11.5 Å². The average Bonchev–Trinajstić information content (AvgIpc) is 2.89. The third-order valence-corrected chi connectivity index (χ3v) is 3.33. The van der Waals surface area contributed by atoms with E-state index in [0.29, 0.717) is 13.2 Å². The number of rotatable bonds is 4. The first-order valence-electron chi connectivity index (χ1n) is 6.41. The van der Waals surface area contributed by atoms with Gasteiger partial charge in [0.2, 0.25) is 0 Å². The van der Waals surface area contributed by atoms with E-state index in [4.69, 9.17) is 14.6 Å². The Morgan fingerprint density at radius 1 is 1.16 bits per heavy atom. The monoisotopic (exact) mass is 256 g/mol. The molecule has 1 N–H and O–H groups in total. The largest absolute Gasteiger partial charge is 0.493 e. The maximum absolute atomic E-state index is 9.10. The van der Waals surface area contributed by atoms with Crippen molar-refractivity contribution in [2.24, 2.45) is 0 Å². The topological polar surface area (TPSA) is 38.7 Å². The molecule has 0 saturated heterocycles. The molecule has 0 aliphatic carbocycles. The van der Waals surface area contributed by atoms with Gasteiger partial charge < -0.3 is 14.6 Å². The smallest absolute Gasteiger partial charge is 0.123 e. The second-order valence-corrected chi connectivity index (χ2v) is 4.66. The molecule has 3 nitrogen and oxygen atoms in total. The Morgan fingerprint density at radius 2 is 2.05 bits per heavy atom. The summed E-state index contributed by atoms with van der Waals surface area (Å²) < 4.78 is 11.4. The molecule has 19 heavy (non-hydrogen) atoms. The van der Waals surface area contributed by atoms with Crippen LogP contribution in [0.2, 0.25) is 0 Å². The molecule has 0 aromatic heterocycles. The minimum Gasteiger partial charge on any atom is -0.493 e. The Morgan fingerprint density at radius 3 is 2.95 bits per heavy atom. The fourth-order valence-corrected chi connectivity index (χ4v) is 2.30. The van der Waals surface area contributed by atoms with Crippen LogP contribution in [0.3, 0.4) is 0 Å². The van der Waals surface area contributed by atoms with Gasteiger partial charge in [-0.15, -0.1) is 0 Å². The Hall–Kier alpha value is -2.00. The number of aliphatic hydroxyl groups is 1. The zero-order valence-corrected chi connectivity index (χ0v) is 10.6. The molecular weight excluding hydrogens is 240 g/mol. The summed E-state index contributed by atoms with van der Waals surface area (Å²) in [7, 11) is 0. The van der Waals surface area contributed by atoms with Crippen molar-refractivity contribution < 1.29 is 14.6 Å². The third kappa shape index (κ3) is 2.56. The highest BCUT2D eigenvalue weighted by atomic mass is 16.5. The minimum absolute atomic E-state index is 0.0343. The lowest BCUT2D eigenvalue weighted by atomic mass is 10.0. The number of para-hydroxylation sites is 1. The quantitative estimate of drug-likeness (QED) is 0.914. The summed E-state index contributed by atoms with van der Waals surface area (Å²) in [4.78, 5) is 0. The molecule has 0 bridgehead atoms. The fraction of sp³-hybridized carbons (Fsp3) is 0.250. The van der Waals surface area contributed by atoms with E-state index in [0.717, 1.165) is 17.1 Å². The van der Waals surface area contributed by atoms with Crippen molar-refractivity contribution in [2.45, 2.75) is 12.5 Å². The molecule has 1 atom stereocenters. The van der Waals surface area contributed by atoms with Gasteiger partial charge in [0.05, 0.1) is 25.7 Å². The summed E-state index contributed by atoms with van der Waals surface area (Å²) in [5, 5.41) is 9.10. The number of ether oxygens (including phenoxy) is 2. The molecule has 3 rings (SSSR count). The highest BCUT2D eigenvalue weighted by Gasteiger charge is 2.24. The van der Waals surface area contributed by atoms with Crippen LogP contribution in [-0.2, 0) is 6.61 Å². The first-order chi connectivity index (χ1) is 9.36. The van der Waals surface area contributed by atoms with E-state index < -0.39 is 0 Å². The molecule has 2 aromatic carbocycles. The van der Waals surface area contributed by atoms with Gasteiger partial charge in [-0.3, -0.25) is 0 Å². The molecular formula is C16H16O3. The van der Waals surface area contributed by atoms with Crippen molar-refractivity contribution in [3.63, 3.8) is 0 Å². The summed E-state index contributed by atoms with van der Waals surface area (Å²) in [5.41, 5.74) is 2.07. The molecule has 1 aliphatic heterocycles. The number of fused-ring (bicyclic) bond motifs is 1. The lowest BCUT2D eigenvalue weighted by molar-refractivity contribution is 0.246. The molecule has 3 heteroatoms. The van der Waals surface area contributed by atoms with Crippen molar-refractivity contribution in [2.75, 3.05) is 13.2 Å². The fourth-order valence-electron chi connectivity index (χ4n) is 2.30. The summed E-state index contributed by atoms with van der Waals surface area (Å²) in [6.45, 7) is 1.29. The van der Waals surface area contributed by atoms with E-state index in [1.807, 2.05) is 42.5 Å². The van der Waals surface area contributed by atoms with Crippen LogP contribution < -0.4 is 9.47 Å². The number of benzene rings is 2. The van der Waals surface area contributed by atoms with E-state index in [9.17, 15) is 0 Å². The van der Waals surface area contributed by atoms with Gasteiger partial charge in [0.25, 0.3) is 0 Å². The molecule has 1 heterocycles. The summed E-state index contributed by atoms with van der Waals surface area (Å²) in [6.07, 6.45) is 0. The van der Waals surface area contributed by atoms with Gasteiger partial charge in [-0.1, -0.05) is 30.3 Å². The summed E-state index contributed by atoms with van der Waals surface area (Å²) in [6, 6.07) is 15.6. The van der Waals surface area contributed by atoms with Crippen LogP contribution in [0.5, 0.6) is 11.5 Å². The van der Waals surface area contributed by atoms with Crippen LogP contribution >= 0.6 is 0 Å². The van der Waals surface area contributed by atoms with Crippen LogP contribution in [0.4, 0.5) is 0 Å².